The van der Waals surface area contributed by atoms with E-state index in [0.29, 0.717) is 0 Å². The Labute approximate surface area is 147 Å². The summed E-state index contributed by atoms with van der Waals surface area (Å²) in [5.74, 6) is 0. The Morgan fingerprint density at radius 1 is 1.12 bits per heavy atom. The highest BCUT2D eigenvalue weighted by atomic mass is 16.6. The van der Waals surface area contributed by atoms with E-state index in [2.05, 4.69) is 42.0 Å². The average molecular weight is 340 g/mol. The zero-order chi connectivity index (χ0) is 17.7. The van der Waals surface area contributed by atoms with Crippen LogP contribution in [-0.2, 0) is 10.3 Å². The van der Waals surface area contributed by atoms with Crippen LogP contribution in [0.15, 0.2) is 30.3 Å². The maximum Gasteiger partial charge on any atom is 0.163 e. The first-order valence-corrected chi connectivity index (χ1v) is 8.96. The van der Waals surface area contributed by atoms with Crippen LogP contribution in [0.4, 0.5) is 0 Å². The third kappa shape index (κ3) is 1.48. The van der Waals surface area contributed by atoms with Crippen LogP contribution in [-0.4, -0.2) is 37.2 Å². The molecular formula is C20H24N2O3. The van der Waals surface area contributed by atoms with Gasteiger partial charge in [0, 0.05) is 17.1 Å². The topological polar surface area (TPSA) is 59.5 Å². The van der Waals surface area contributed by atoms with Crippen molar-refractivity contribution in [1.82, 2.24) is 9.13 Å². The number of rotatable bonds is 1. The van der Waals surface area contributed by atoms with Crippen LogP contribution in [0.1, 0.15) is 48.7 Å². The number of aryl methyl sites for hydroxylation is 2. The van der Waals surface area contributed by atoms with Gasteiger partial charge in [0.15, 0.2) is 5.60 Å². The van der Waals surface area contributed by atoms with Gasteiger partial charge in [0.25, 0.3) is 0 Å². The van der Waals surface area contributed by atoms with Gasteiger partial charge in [-0.05, 0) is 64.1 Å². The second-order valence-corrected chi connectivity index (χ2v) is 7.84. The van der Waals surface area contributed by atoms with E-state index in [9.17, 15) is 10.2 Å². The molecule has 0 amide bonds. The van der Waals surface area contributed by atoms with E-state index in [4.69, 9.17) is 4.74 Å². The van der Waals surface area contributed by atoms with Gasteiger partial charge >= 0.3 is 0 Å². The summed E-state index contributed by atoms with van der Waals surface area (Å²) < 4.78 is 10.9. The molecule has 3 aliphatic heterocycles. The molecule has 0 aliphatic carbocycles. The molecule has 0 unspecified atom stereocenters. The minimum absolute atomic E-state index is 0.0667. The lowest BCUT2D eigenvalue weighted by atomic mass is 9.71. The number of ether oxygens (including phenoxy) is 1. The van der Waals surface area contributed by atoms with E-state index < -0.39 is 17.3 Å². The van der Waals surface area contributed by atoms with Crippen molar-refractivity contribution >= 4 is 6.08 Å². The second kappa shape index (κ2) is 4.47. The number of aliphatic hydroxyl groups excluding tert-OH is 1. The maximum atomic E-state index is 12.2. The number of nitrogens with zero attached hydrogens (tertiary/aromatic N) is 2. The van der Waals surface area contributed by atoms with Crippen molar-refractivity contribution < 1.29 is 14.9 Å². The maximum absolute atomic E-state index is 12.2. The van der Waals surface area contributed by atoms with Crippen LogP contribution in [0.25, 0.3) is 6.08 Å². The molecule has 2 N–H and O–H groups in total. The fourth-order valence-corrected chi connectivity index (χ4v) is 5.46. The lowest BCUT2D eigenvalue weighted by Crippen LogP contribution is -2.58. The Morgan fingerprint density at radius 2 is 1.80 bits per heavy atom. The van der Waals surface area contributed by atoms with Gasteiger partial charge in [0.2, 0.25) is 0 Å². The van der Waals surface area contributed by atoms with E-state index in [1.54, 1.807) is 6.92 Å². The van der Waals surface area contributed by atoms with Gasteiger partial charge in [-0.25, -0.2) is 0 Å². The zero-order valence-corrected chi connectivity index (χ0v) is 15.0. The average Bonchev–Trinajstić information content (AvgIpc) is 3.13. The second-order valence-electron chi connectivity index (χ2n) is 7.84. The van der Waals surface area contributed by atoms with Gasteiger partial charge in [-0.1, -0.05) is 0 Å². The van der Waals surface area contributed by atoms with E-state index >= 15 is 0 Å². The van der Waals surface area contributed by atoms with Crippen LogP contribution in [0.2, 0.25) is 0 Å². The first kappa shape index (κ1) is 15.4. The summed E-state index contributed by atoms with van der Waals surface area (Å²) in [5.41, 5.74) is 1.55. The van der Waals surface area contributed by atoms with Crippen LogP contribution in [0, 0.1) is 13.8 Å². The molecule has 2 aromatic rings. The Balaban J connectivity index is 1.91. The summed E-state index contributed by atoms with van der Waals surface area (Å²) in [6.07, 6.45) is 2.76. The van der Waals surface area contributed by atoms with E-state index in [-0.39, 0.29) is 18.2 Å². The van der Waals surface area contributed by atoms with Gasteiger partial charge in [0.05, 0.1) is 23.9 Å². The molecular weight excluding hydrogens is 316 g/mol. The predicted molar refractivity (Wildman–Crippen MR) is 94.3 cm³/mol. The Bertz CT molecular complexity index is 908. The lowest BCUT2D eigenvalue weighted by molar-refractivity contribution is -0.158. The summed E-state index contributed by atoms with van der Waals surface area (Å²) in [5, 5.41) is 22.9. The standard InChI is InChI=1S/C20H24N2O3/c1-11-6-8-16-20(24)18-17(13(3)21(11)16)25-19(20,14(4)23)10-9-15-7-5-12(2)22(15)18/h5-10,13-14,17-18,23-24H,1-4H3/t13-,14+,17-,18-,19+,20-/m1/s1. The van der Waals surface area contributed by atoms with Crippen molar-refractivity contribution in [1.29, 1.82) is 0 Å². The fraction of sp³-hybridized carbons (Fsp3) is 0.500. The highest BCUT2D eigenvalue weighted by molar-refractivity contribution is 5.55. The van der Waals surface area contributed by atoms with Crippen molar-refractivity contribution in [2.45, 2.75) is 63.2 Å². The summed E-state index contributed by atoms with van der Waals surface area (Å²) in [7, 11) is 0. The Kier molecular flexibility index (Phi) is 2.76. The van der Waals surface area contributed by atoms with Crippen molar-refractivity contribution in [2.75, 3.05) is 0 Å². The minimum Gasteiger partial charge on any atom is -0.390 e. The minimum atomic E-state index is -1.34. The first-order chi connectivity index (χ1) is 11.8. The van der Waals surface area contributed by atoms with E-state index in [0.717, 1.165) is 22.8 Å². The van der Waals surface area contributed by atoms with Gasteiger partial charge in [-0.3, -0.25) is 0 Å². The van der Waals surface area contributed by atoms with Crippen molar-refractivity contribution in [3.8, 4) is 0 Å². The number of aliphatic hydroxyl groups is 2. The molecule has 5 nitrogen and oxygen atoms in total. The molecule has 0 saturated carbocycles. The van der Waals surface area contributed by atoms with Crippen molar-refractivity contribution in [3.63, 3.8) is 0 Å². The molecule has 6 atom stereocenters. The summed E-state index contributed by atoms with van der Waals surface area (Å²) in [6, 6.07) is 7.95. The summed E-state index contributed by atoms with van der Waals surface area (Å²) in [6.45, 7) is 7.95. The third-order valence-corrected chi connectivity index (χ3v) is 6.62. The van der Waals surface area contributed by atoms with E-state index in [1.807, 2.05) is 24.3 Å². The van der Waals surface area contributed by atoms with E-state index in [1.165, 1.54) is 0 Å². The molecule has 5 heterocycles. The SMILES string of the molecule is Cc1ccc2n1[C@H](C)[C@H]1O[C@]3([C@H](C)O)C=Cc4ccc(C)n4[C@H]1[C@]23O. The molecule has 4 bridgehead atoms. The smallest absolute Gasteiger partial charge is 0.163 e. The lowest BCUT2D eigenvalue weighted by Gasteiger charge is -2.45. The molecule has 1 saturated heterocycles. The van der Waals surface area contributed by atoms with Gasteiger partial charge in [-0.2, -0.15) is 0 Å². The molecule has 0 aromatic carbocycles. The molecule has 0 radical (unpaired) electrons. The quantitative estimate of drug-likeness (QED) is 0.838. The molecule has 2 aromatic heterocycles. The number of aromatic nitrogens is 2. The number of fused-ring (bicyclic) bond motifs is 2. The molecule has 1 fully saturated rings. The fourth-order valence-electron chi connectivity index (χ4n) is 5.46. The predicted octanol–water partition coefficient (Wildman–Crippen LogP) is 2.46. The van der Waals surface area contributed by atoms with Gasteiger partial charge in [-0.15, -0.1) is 0 Å². The molecule has 25 heavy (non-hydrogen) atoms. The molecule has 5 rings (SSSR count). The monoisotopic (exact) mass is 340 g/mol. The third-order valence-electron chi connectivity index (χ3n) is 6.62. The van der Waals surface area contributed by atoms with Crippen LogP contribution >= 0.6 is 0 Å². The van der Waals surface area contributed by atoms with Crippen molar-refractivity contribution in [2.24, 2.45) is 0 Å². The van der Waals surface area contributed by atoms with Gasteiger partial charge in [0.1, 0.15) is 11.7 Å². The first-order valence-electron chi connectivity index (χ1n) is 8.96. The number of hydrogen-bond acceptors (Lipinski definition) is 3. The van der Waals surface area contributed by atoms with Crippen LogP contribution < -0.4 is 0 Å². The molecule has 5 heteroatoms. The summed E-state index contributed by atoms with van der Waals surface area (Å²) >= 11 is 0. The number of hydrogen-bond donors (Lipinski definition) is 2. The Morgan fingerprint density at radius 3 is 2.52 bits per heavy atom. The highest BCUT2D eigenvalue weighted by Gasteiger charge is 2.72. The normalized spacial score (nSPS) is 39.0. The van der Waals surface area contributed by atoms with Crippen molar-refractivity contribution in [3.05, 3.63) is 53.1 Å². The zero-order valence-electron chi connectivity index (χ0n) is 15.0. The summed E-state index contributed by atoms with van der Waals surface area (Å²) in [4.78, 5) is 0. The van der Waals surface area contributed by atoms with Crippen LogP contribution in [0.3, 0.4) is 0 Å². The Hall–Kier alpha value is -1.82. The largest absolute Gasteiger partial charge is 0.390 e. The molecule has 132 valence electrons. The van der Waals surface area contributed by atoms with Gasteiger partial charge < -0.3 is 24.1 Å². The highest BCUT2D eigenvalue weighted by Crippen LogP contribution is 2.62. The molecule has 0 spiro atoms. The van der Waals surface area contributed by atoms with Crippen LogP contribution in [0.5, 0.6) is 0 Å². The molecule has 3 aliphatic rings.